The molecule has 0 N–H and O–H groups in total. The van der Waals surface area contributed by atoms with E-state index >= 15 is 0 Å². The fourth-order valence-electron chi connectivity index (χ4n) is 2.97. The molecule has 1 aromatic heterocycles. The summed E-state index contributed by atoms with van der Waals surface area (Å²) in [4.78, 5) is 14.8. The molecule has 1 fully saturated rings. The van der Waals surface area contributed by atoms with Gasteiger partial charge in [-0.3, -0.25) is 4.79 Å². The number of fused-ring (bicyclic) bond motifs is 1. The summed E-state index contributed by atoms with van der Waals surface area (Å²) in [5.41, 5.74) is 0.753. The summed E-state index contributed by atoms with van der Waals surface area (Å²) in [6.07, 6.45) is 3.09. The highest BCUT2D eigenvalue weighted by Crippen LogP contribution is 2.21. The van der Waals surface area contributed by atoms with Crippen molar-refractivity contribution in [1.82, 2.24) is 10.1 Å². The van der Waals surface area contributed by atoms with Crippen LogP contribution in [0.15, 0.2) is 28.8 Å². The molecule has 106 valence electrons. The molecule has 3 rings (SSSR count). The van der Waals surface area contributed by atoms with Gasteiger partial charge < -0.3 is 9.42 Å². The third-order valence-corrected chi connectivity index (χ3v) is 3.94. The second-order valence-corrected chi connectivity index (χ2v) is 5.77. The molecule has 2 aromatic rings. The number of rotatable bonds is 5. The summed E-state index contributed by atoms with van der Waals surface area (Å²) in [7, 11) is 0. The maximum absolute atomic E-state index is 12.4. The molecule has 0 radical (unpaired) electrons. The Bertz CT molecular complexity index is 599. The second kappa shape index (κ2) is 5.75. The molecule has 0 bridgehead atoms. The molecule has 1 aliphatic heterocycles. The summed E-state index contributed by atoms with van der Waals surface area (Å²) >= 11 is 0. The molecule has 1 saturated heterocycles. The Morgan fingerprint density at radius 1 is 1.35 bits per heavy atom. The lowest BCUT2D eigenvalue weighted by molar-refractivity contribution is 0.0921. The van der Waals surface area contributed by atoms with E-state index in [-0.39, 0.29) is 5.78 Å². The number of aromatic nitrogens is 1. The first-order valence-electron chi connectivity index (χ1n) is 7.34. The molecule has 1 aliphatic rings. The molecule has 0 spiro atoms. The molecule has 1 atom stereocenters. The van der Waals surface area contributed by atoms with E-state index in [1.165, 1.54) is 25.9 Å². The number of benzene rings is 1. The van der Waals surface area contributed by atoms with Crippen LogP contribution in [-0.2, 0) is 0 Å². The lowest BCUT2D eigenvalue weighted by Crippen LogP contribution is -2.26. The predicted molar refractivity (Wildman–Crippen MR) is 77.8 cm³/mol. The van der Waals surface area contributed by atoms with Gasteiger partial charge in [0.05, 0.1) is 5.39 Å². The topological polar surface area (TPSA) is 46.3 Å². The van der Waals surface area contributed by atoms with E-state index in [1.807, 2.05) is 24.3 Å². The van der Waals surface area contributed by atoms with Gasteiger partial charge in [0.15, 0.2) is 0 Å². The molecular weight excluding hydrogens is 252 g/mol. The Balaban J connectivity index is 1.66. The summed E-state index contributed by atoms with van der Waals surface area (Å²) in [5.74, 6) is 0.823. The predicted octanol–water partition coefficient (Wildman–Crippen LogP) is 3.13. The van der Waals surface area contributed by atoms with Gasteiger partial charge in [-0.1, -0.05) is 24.2 Å². The standard InChI is InChI=1S/C16H20N2O2/c1-12(11-18-8-4-5-9-18)10-15(19)16-13-6-2-3-7-14(13)17-20-16/h2-3,6-7,12H,4-5,8-11H2,1H3. The van der Waals surface area contributed by atoms with Crippen LogP contribution in [0, 0.1) is 5.92 Å². The van der Waals surface area contributed by atoms with E-state index < -0.39 is 0 Å². The van der Waals surface area contributed by atoms with Gasteiger partial charge in [0, 0.05) is 13.0 Å². The zero-order valence-electron chi connectivity index (χ0n) is 11.8. The number of hydrogen-bond donors (Lipinski definition) is 0. The summed E-state index contributed by atoms with van der Waals surface area (Å²) < 4.78 is 5.23. The van der Waals surface area contributed by atoms with Crippen molar-refractivity contribution < 1.29 is 9.32 Å². The van der Waals surface area contributed by atoms with E-state index in [4.69, 9.17) is 4.52 Å². The zero-order chi connectivity index (χ0) is 13.9. The first kappa shape index (κ1) is 13.3. The Morgan fingerprint density at radius 2 is 2.10 bits per heavy atom. The van der Waals surface area contributed by atoms with Gasteiger partial charge in [-0.05, 0) is 44.0 Å². The molecule has 2 heterocycles. The summed E-state index contributed by atoms with van der Waals surface area (Å²) in [6.45, 7) is 5.47. The highest BCUT2D eigenvalue weighted by Gasteiger charge is 2.21. The lowest BCUT2D eigenvalue weighted by atomic mass is 10.0. The SMILES string of the molecule is CC(CC(=O)c1onc2ccccc12)CN1CCCC1. The van der Waals surface area contributed by atoms with Gasteiger partial charge >= 0.3 is 0 Å². The average Bonchev–Trinajstić information content (AvgIpc) is 3.07. The third kappa shape index (κ3) is 2.75. The number of carbonyl (C=O) groups is 1. The number of likely N-dealkylation sites (tertiary alicyclic amines) is 1. The largest absolute Gasteiger partial charge is 0.352 e. The van der Waals surface area contributed by atoms with Crippen LogP contribution in [0.4, 0.5) is 0 Å². The molecule has 0 saturated carbocycles. The molecule has 20 heavy (non-hydrogen) atoms. The Kier molecular flexibility index (Phi) is 3.83. The van der Waals surface area contributed by atoms with Crippen molar-refractivity contribution in [2.45, 2.75) is 26.2 Å². The summed E-state index contributed by atoms with van der Waals surface area (Å²) in [6, 6.07) is 7.56. The molecular formula is C16H20N2O2. The fraction of sp³-hybridized carbons (Fsp3) is 0.500. The van der Waals surface area contributed by atoms with Gasteiger partial charge in [-0.25, -0.2) is 0 Å². The van der Waals surface area contributed by atoms with Crippen molar-refractivity contribution in [1.29, 1.82) is 0 Å². The van der Waals surface area contributed by atoms with Gasteiger partial charge in [0.1, 0.15) is 5.52 Å². The highest BCUT2D eigenvalue weighted by atomic mass is 16.5. The maximum atomic E-state index is 12.4. The van der Waals surface area contributed by atoms with Crippen molar-refractivity contribution in [3.05, 3.63) is 30.0 Å². The molecule has 0 aliphatic carbocycles. The van der Waals surface area contributed by atoms with Crippen LogP contribution in [0.25, 0.3) is 10.9 Å². The fourth-order valence-corrected chi connectivity index (χ4v) is 2.97. The van der Waals surface area contributed by atoms with E-state index in [2.05, 4.69) is 17.0 Å². The lowest BCUT2D eigenvalue weighted by Gasteiger charge is -2.19. The molecule has 1 aromatic carbocycles. The van der Waals surface area contributed by atoms with Crippen LogP contribution in [0.3, 0.4) is 0 Å². The smallest absolute Gasteiger partial charge is 0.210 e. The first-order chi connectivity index (χ1) is 9.74. The second-order valence-electron chi connectivity index (χ2n) is 5.77. The minimum absolute atomic E-state index is 0.0606. The molecule has 1 unspecified atom stereocenters. The third-order valence-electron chi connectivity index (χ3n) is 3.94. The molecule has 0 amide bonds. The normalized spacial score (nSPS) is 17.6. The number of Topliss-reactive ketones (excluding diaryl/α,β-unsaturated/α-hetero) is 1. The van der Waals surface area contributed by atoms with Gasteiger partial charge in [0.25, 0.3) is 0 Å². The Labute approximate surface area is 118 Å². The maximum Gasteiger partial charge on any atom is 0.210 e. The number of carbonyl (C=O) groups excluding carboxylic acids is 1. The molecule has 4 nitrogen and oxygen atoms in total. The van der Waals surface area contributed by atoms with E-state index in [0.29, 0.717) is 18.1 Å². The van der Waals surface area contributed by atoms with Crippen LogP contribution in [0.5, 0.6) is 0 Å². The zero-order valence-corrected chi connectivity index (χ0v) is 11.8. The van der Waals surface area contributed by atoms with Crippen LogP contribution >= 0.6 is 0 Å². The van der Waals surface area contributed by atoms with Gasteiger partial charge in [-0.15, -0.1) is 0 Å². The van der Waals surface area contributed by atoms with Crippen LogP contribution in [0.1, 0.15) is 36.7 Å². The number of nitrogens with zero attached hydrogens (tertiary/aromatic N) is 2. The van der Waals surface area contributed by atoms with Crippen molar-refractivity contribution in [2.24, 2.45) is 5.92 Å². The quantitative estimate of drug-likeness (QED) is 0.784. The van der Waals surface area contributed by atoms with Crippen LogP contribution < -0.4 is 0 Å². The highest BCUT2D eigenvalue weighted by molar-refractivity contribution is 6.04. The van der Waals surface area contributed by atoms with E-state index in [9.17, 15) is 4.79 Å². The minimum atomic E-state index is 0.0606. The van der Waals surface area contributed by atoms with E-state index in [1.54, 1.807) is 0 Å². The first-order valence-corrected chi connectivity index (χ1v) is 7.34. The monoisotopic (exact) mass is 272 g/mol. The van der Waals surface area contributed by atoms with Gasteiger partial charge in [-0.2, -0.15) is 0 Å². The number of ketones is 1. The van der Waals surface area contributed by atoms with Crippen molar-refractivity contribution in [3.8, 4) is 0 Å². The van der Waals surface area contributed by atoms with Gasteiger partial charge in [0.2, 0.25) is 11.5 Å². The Hall–Kier alpha value is -1.68. The van der Waals surface area contributed by atoms with E-state index in [0.717, 1.165) is 17.4 Å². The molecule has 4 heteroatoms. The van der Waals surface area contributed by atoms with Crippen molar-refractivity contribution >= 4 is 16.7 Å². The van der Waals surface area contributed by atoms with Crippen LogP contribution in [0.2, 0.25) is 0 Å². The average molecular weight is 272 g/mol. The van der Waals surface area contributed by atoms with Crippen molar-refractivity contribution in [2.75, 3.05) is 19.6 Å². The van der Waals surface area contributed by atoms with Crippen molar-refractivity contribution in [3.63, 3.8) is 0 Å². The minimum Gasteiger partial charge on any atom is -0.352 e. The number of hydrogen-bond acceptors (Lipinski definition) is 4. The summed E-state index contributed by atoms with van der Waals surface area (Å²) in [5, 5.41) is 4.77. The van der Waals surface area contributed by atoms with Crippen LogP contribution in [-0.4, -0.2) is 35.5 Å². The Morgan fingerprint density at radius 3 is 2.90 bits per heavy atom.